The molecule has 1 aromatic carbocycles. The minimum Gasteiger partial charge on any atom is -0.480 e. The lowest BCUT2D eigenvalue weighted by Gasteiger charge is -2.03. The summed E-state index contributed by atoms with van der Waals surface area (Å²) in [6, 6.07) is 7.21. The highest BCUT2D eigenvalue weighted by Crippen LogP contribution is 2.24. The highest BCUT2D eigenvalue weighted by atomic mass is 35.5. The van der Waals surface area contributed by atoms with Gasteiger partial charge in [-0.15, -0.1) is 10.2 Å². The van der Waals surface area contributed by atoms with Crippen molar-refractivity contribution in [3.05, 3.63) is 46.6 Å². The smallest absolute Gasteiger partial charge is 0.254 e. The summed E-state index contributed by atoms with van der Waals surface area (Å²) in [5.41, 5.74) is 2.60. The van der Waals surface area contributed by atoms with Crippen LogP contribution in [0.15, 0.2) is 28.7 Å². The van der Waals surface area contributed by atoms with Crippen molar-refractivity contribution in [3.63, 3.8) is 0 Å². The number of hydrogen-bond acceptors (Lipinski definition) is 5. The molecule has 0 saturated heterocycles. The molecular formula is C15H15ClN4O2. The number of rotatable bonds is 4. The molecule has 0 aliphatic rings. The van der Waals surface area contributed by atoms with E-state index in [0.29, 0.717) is 16.8 Å². The molecule has 7 heteroatoms. The van der Waals surface area contributed by atoms with Crippen LogP contribution >= 0.6 is 11.6 Å². The van der Waals surface area contributed by atoms with Crippen molar-refractivity contribution in [1.29, 1.82) is 0 Å². The summed E-state index contributed by atoms with van der Waals surface area (Å²) < 4.78 is 13.1. The molecule has 114 valence electrons. The number of halogens is 1. The standard InChI is InChI=1S/C15H15ClN4O2/c1-9-14(10(2)20(3)19-9)21-8-13-17-18-15(22-13)11-4-6-12(16)7-5-11/h4-7H,8H2,1-3H3. The molecule has 22 heavy (non-hydrogen) atoms. The van der Waals surface area contributed by atoms with Crippen molar-refractivity contribution in [2.45, 2.75) is 20.5 Å². The highest BCUT2D eigenvalue weighted by Gasteiger charge is 2.13. The zero-order valence-corrected chi connectivity index (χ0v) is 13.3. The molecule has 0 spiro atoms. The Balaban J connectivity index is 1.73. The number of benzene rings is 1. The van der Waals surface area contributed by atoms with Crippen molar-refractivity contribution < 1.29 is 9.15 Å². The maximum atomic E-state index is 5.86. The van der Waals surface area contributed by atoms with Crippen LogP contribution in [0.3, 0.4) is 0 Å². The quantitative estimate of drug-likeness (QED) is 0.738. The number of hydrogen-bond donors (Lipinski definition) is 0. The molecule has 0 fully saturated rings. The van der Waals surface area contributed by atoms with Gasteiger partial charge in [0.15, 0.2) is 12.4 Å². The molecule has 0 N–H and O–H groups in total. The van der Waals surface area contributed by atoms with Crippen molar-refractivity contribution in [2.24, 2.45) is 7.05 Å². The zero-order chi connectivity index (χ0) is 15.7. The SMILES string of the molecule is Cc1nn(C)c(C)c1OCc1nnc(-c2ccc(Cl)cc2)o1. The predicted molar refractivity (Wildman–Crippen MR) is 81.8 cm³/mol. The van der Waals surface area contributed by atoms with E-state index in [1.807, 2.05) is 33.0 Å². The van der Waals surface area contributed by atoms with Crippen LogP contribution in [0.1, 0.15) is 17.3 Å². The molecule has 2 heterocycles. The number of ether oxygens (including phenoxy) is 1. The first-order valence-corrected chi connectivity index (χ1v) is 7.13. The van der Waals surface area contributed by atoms with Crippen LogP contribution in [0.2, 0.25) is 5.02 Å². The van der Waals surface area contributed by atoms with E-state index in [-0.39, 0.29) is 6.61 Å². The predicted octanol–water partition coefficient (Wildman–Crippen LogP) is 3.32. The van der Waals surface area contributed by atoms with Crippen LogP contribution < -0.4 is 4.74 Å². The van der Waals surface area contributed by atoms with Crippen LogP contribution in [0, 0.1) is 13.8 Å². The third kappa shape index (κ3) is 2.82. The summed E-state index contributed by atoms with van der Waals surface area (Å²) in [4.78, 5) is 0. The van der Waals surface area contributed by atoms with Gasteiger partial charge >= 0.3 is 0 Å². The van der Waals surface area contributed by atoms with Gasteiger partial charge in [-0.3, -0.25) is 4.68 Å². The summed E-state index contributed by atoms with van der Waals surface area (Å²) in [5, 5.41) is 13.0. The molecular weight excluding hydrogens is 304 g/mol. The van der Waals surface area contributed by atoms with E-state index in [1.165, 1.54) is 0 Å². The maximum Gasteiger partial charge on any atom is 0.254 e. The Morgan fingerprint density at radius 3 is 2.55 bits per heavy atom. The topological polar surface area (TPSA) is 66.0 Å². The van der Waals surface area contributed by atoms with E-state index >= 15 is 0 Å². The van der Waals surface area contributed by atoms with E-state index in [4.69, 9.17) is 20.8 Å². The lowest BCUT2D eigenvalue weighted by atomic mass is 10.2. The third-order valence-corrected chi connectivity index (χ3v) is 3.59. The second kappa shape index (κ2) is 5.81. The first-order valence-electron chi connectivity index (χ1n) is 6.76. The minimum absolute atomic E-state index is 0.202. The Labute approximate surface area is 132 Å². The lowest BCUT2D eigenvalue weighted by Crippen LogP contribution is -1.98. The first-order chi connectivity index (χ1) is 10.5. The van der Waals surface area contributed by atoms with E-state index in [0.717, 1.165) is 22.7 Å². The lowest BCUT2D eigenvalue weighted by molar-refractivity contribution is 0.261. The van der Waals surface area contributed by atoms with Crippen LogP contribution in [0.25, 0.3) is 11.5 Å². The summed E-state index contributed by atoms with van der Waals surface area (Å²) >= 11 is 5.86. The zero-order valence-electron chi connectivity index (χ0n) is 12.5. The van der Waals surface area contributed by atoms with Crippen molar-refractivity contribution in [3.8, 4) is 17.2 Å². The Bertz CT molecular complexity index is 792. The fraction of sp³-hybridized carbons (Fsp3) is 0.267. The van der Waals surface area contributed by atoms with Crippen molar-refractivity contribution in [2.75, 3.05) is 0 Å². The summed E-state index contributed by atoms with van der Waals surface area (Å²) in [6.45, 7) is 4.05. The Morgan fingerprint density at radius 1 is 1.18 bits per heavy atom. The second-order valence-electron chi connectivity index (χ2n) is 4.92. The molecule has 0 aliphatic carbocycles. The Hall–Kier alpha value is -2.34. The molecule has 0 bridgehead atoms. The summed E-state index contributed by atoms with van der Waals surface area (Å²) in [5.74, 6) is 1.59. The first kappa shape index (κ1) is 14.6. The van der Waals surface area contributed by atoms with Gasteiger partial charge in [0.25, 0.3) is 5.89 Å². The third-order valence-electron chi connectivity index (χ3n) is 3.34. The molecule has 3 aromatic rings. The van der Waals surface area contributed by atoms with Gasteiger partial charge in [0, 0.05) is 17.6 Å². The van der Waals surface area contributed by atoms with Crippen LogP contribution in [-0.2, 0) is 13.7 Å². The molecule has 0 atom stereocenters. The van der Waals surface area contributed by atoms with Gasteiger partial charge in [0.2, 0.25) is 5.89 Å². The van der Waals surface area contributed by atoms with Crippen LogP contribution in [0.4, 0.5) is 0 Å². The highest BCUT2D eigenvalue weighted by molar-refractivity contribution is 6.30. The average molecular weight is 319 g/mol. The summed E-state index contributed by atoms with van der Waals surface area (Å²) in [6.07, 6.45) is 0. The van der Waals surface area contributed by atoms with E-state index in [1.54, 1.807) is 16.8 Å². The Morgan fingerprint density at radius 2 is 1.91 bits per heavy atom. The van der Waals surface area contributed by atoms with E-state index < -0.39 is 0 Å². The molecule has 0 amide bonds. The molecule has 3 rings (SSSR count). The fourth-order valence-corrected chi connectivity index (χ4v) is 2.24. The van der Waals surface area contributed by atoms with Crippen molar-refractivity contribution in [1.82, 2.24) is 20.0 Å². The van der Waals surface area contributed by atoms with Crippen LogP contribution in [0.5, 0.6) is 5.75 Å². The van der Waals surface area contributed by atoms with E-state index in [2.05, 4.69) is 15.3 Å². The van der Waals surface area contributed by atoms with Gasteiger partial charge in [-0.2, -0.15) is 5.10 Å². The van der Waals surface area contributed by atoms with Crippen molar-refractivity contribution >= 4 is 11.6 Å². The molecule has 0 saturated carbocycles. The molecule has 6 nitrogen and oxygen atoms in total. The number of nitrogens with zero attached hydrogens (tertiary/aromatic N) is 4. The monoisotopic (exact) mass is 318 g/mol. The normalized spacial score (nSPS) is 10.9. The van der Waals surface area contributed by atoms with Gasteiger partial charge in [-0.05, 0) is 38.1 Å². The van der Waals surface area contributed by atoms with Gasteiger partial charge in [0.1, 0.15) is 5.69 Å². The average Bonchev–Trinajstić information content (AvgIpc) is 3.05. The second-order valence-corrected chi connectivity index (χ2v) is 5.36. The van der Waals surface area contributed by atoms with Gasteiger partial charge < -0.3 is 9.15 Å². The molecule has 0 unspecified atom stereocenters. The largest absolute Gasteiger partial charge is 0.480 e. The molecule has 0 aliphatic heterocycles. The van der Waals surface area contributed by atoms with Crippen LogP contribution in [-0.4, -0.2) is 20.0 Å². The van der Waals surface area contributed by atoms with Gasteiger partial charge in [0.05, 0.1) is 5.69 Å². The fourth-order valence-electron chi connectivity index (χ4n) is 2.12. The Kier molecular flexibility index (Phi) is 3.85. The van der Waals surface area contributed by atoms with E-state index in [9.17, 15) is 0 Å². The minimum atomic E-state index is 0.202. The van der Waals surface area contributed by atoms with Gasteiger partial charge in [-0.25, -0.2) is 0 Å². The summed E-state index contributed by atoms with van der Waals surface area (Å²) in [7, 11) is 1.88. The number of aryl methyl sites for hydroxylation is 2. The molecule has 0 radical (unpaired) electrons. The molecule has 2 aromatic heterocycles. The van der Waals surface area contributed by atoms with Gasteiger partial charge in [-0.1, -0.05) is 11.6 Å². The number of aromatic nitrogens is 4. The maximum absolute atomic E-state index is 5.86.